The largest absolute Gasteiger partial charge is 0.315 e. The van der Waals surface area contributed by atoms with Crippen molar-refractivity contribution in [2.24, 2.45) is 0 Å². The summed E-state index contributed by atoms with van der Waals surface area (Å²) in [5.74, 6) is 0. The number of hydrogen-bond acceptors (Lipinski definition) is 1. The highest BCUT2D eigenvalue weighted by molar-refractivity contribution is 7.71. The summed E-state index contributed by atoms with van der Waals surface area (Å²) in [6.45, 7) is 4.12. The van der Waals surface area contributed by atoms with E-state index in [1.165, 1.54) is 54.9 Å². The second-order valence-electron chi connectivity index (χ2n) is 9.79. The molecule has 174 valence electrons. The number of nitrogens with one attached hydrogen (secondary N) is 1. The Kier molecular flexibility index (Phi) is 5.59. The molecule has 0 atom stereocenters. The van der Waals surface area contributed by atoms with E-state index in [4.69, 9.17) is 5.16 Å². The Labute approximate surface area is 212 Å². The van der Waals surface area contributed by atoms with Gasteiger partial charge in [0, 0.05) is 0 Å². The summed E-state index contributed by atoms with van der Waals surface area (Å²) in [6, 6.07) is 45.7. The summed E-state index contributed by atoms with van der Waals surface area (Å²) in [6.07, 6.45) is 0. The number of benzene rings is 6. The first kappa shape index (κ1) is 22.5. The van der Waals surface area contributed by atoms with E-state index >= 15 is 0 Å². The molecule has 1 N–H and O–H groups in total. The van der Waals surface area contributed by atoms with Gasteiger partial charge in [-0.15, -0.1) is 0 Å². The minimum Gasteiger partial charge on any atom is -0.315 e. The molecule has 36 heavy (non-hydrogen) atoms. The molecule has 0 aliphatic heterocycles. The zero-order valence-corrected chi connectivity index (χ0v) is 21.5. The Hall–Kier alpha value is -3.93. The SMILES string of the molecule is CP(C)(=N)c1cccc(-c2c3ccccc3c(-c3ccc(-c4ccccc4)cc3)c3ccccc23)c1. The van der Waals surface area contributed by atoms with Crippen LogP contribution in [-0.2, 0) is 0 Å². The Morgan fingerprint density at radius 1 is 0.417 bits per heavy atom. The van der Waals surface area contributed by atoms with E-state index in [9.17, 15) is 0 Å². The summed E-state index contributed by atoms with van der Waals surface area (Å²) >= 11 is 0. The van der Waals surface area contributed by atoms with Crippen LogP contribution in [0.15, 0.2) is 127 Å². The summed E-state index contributed by atoms with van der Waals surface area (Å²) in [5.41, 5.74) is 7.39. The van der Waals surface area contributed by atoms with E-state index in [1.807, 2.05) is 0 Å². The third-order valence-electron chi connectivity index (χ3n) is 6.99. The monoisotopic (exact) mass is 481 g/mol. The van der Waals surface area contributed by atoms with Crippen molar-refractivity contribution in [1.82, 2.24) is 0 Å². The van der Waals surface area contributed by atoms with E-state index in [1.54, 1.807) is 0 Å². The van der Waals surface area contributed by atoms with Gasteiger partial charge in [0.1, 0.15) is 0 Å². The fourth-order valence-corrected chi connectivity index (χ4v) is 6.14. The molecule has 0 spiro atoms. The first-order valence-corrected chi connectivity index (χ1v) is 15.0. The van der Waals surface area contributed by atoms with Gasteiger partial charge in [0.15, 0.2) is 0 Å². The minimum atomic E-state index is -1.87. The molecule has 6 aromatic carbocycles. The van der Waals surface area contributed by atoms with Crippen molar-refractivity contribution in [3.8, 4) is 33.4 Å². The molecule has 0 aromatic heterocycles. The summed E-state index contributed by atoms with van der Waals surface area (Å²) in [4.78, 5) is 0. The molecular formula is C34H28NP. The minimum absolute atomic E-state index is 1.13. The molecule has 0 heterocycles. The average molecular weight is 482 g/mol. The lowest BCUT2D eigenvalue weighted by Gasteiger charge is -2.19. The van der Waals surface area contributed by atoms with Crippen LogP contribution < -0.4 is 5.30 Å². The molecule has 0 saturated carbocycles. The van der Waals surface area contributed by atoms with Crippen LogP contribution >= 0.6 is 7.05 Å². The average Bonchev–Trinajstić information content (AvgIpc) is 2.92. The van der Waals surface area contributed by atoms with Crippen molar-refractivity contribution in [3.63, 3.8) is 0 Å². The van der Waals surface area contributed by atoms with Crippen LogP contribution in [0.25, 0.3) is 54.9 Å². The Morgan fingerprint density at radius 2 is 0.833 bits per heavy atom. The van der Waals surface area contributed by atoms with E-state index in [0.717, 1.165) is 5.30 Å². The van der Waals surface area contributed by atoms with Crippen molar-refractivity contribution >= 4 is 33.9 Å². The summed E-state index contributed by atoms with van der Waals surface area (Å²) in [7, 11) is -1.87. The third kappa shape index (κ3) is 3.96. The van der Waals surface area contributed by atoms with Crippen LogP contribution in [0.3, 0.4) is 0 Å². The van der Waals surface area contributed by atoms with Crippen LogP contribution in [0, 0.1) is 5.16 Å². The molecule has 0 saturated heterocycles. The predicted molar refractivity (Wildman–Crippen MR) is 159 cm³/mol. The highest BCUT2D eigenvalue weighted by atomic mass is 31.2. The standard InChI is InChI=1S/C34H28NP/c1-36(2,35)28-14-10-13-27(23-28)34-31-17-8-6-15-29(31)33(30-16-7-9-18-32(30)34)26-21-19-25(20-22-26)24-11-4-3-5-12-24/h3-23,35H,1-2H3. The van der Waals surface area contributed by atoms with Crippen LogP contribution in [0.2, 0.25) is 0 Å². The molecule has 0 radical (unpaired) electrons. The molecule has 6 aromatic rings. The molecule has 1 nitrogen and oxygen atoms in total. The Morgan fingerprint density at radius 3 is 1.36 bits per heavy atom. The second-order valence-corrected chi connectivity index (χ2v) is 13.2. The summed E-state index contributed by atoms with van der Waals surface area (Å²) < 4.78 is 0. The molecule has 2 heteroatoms. The molecule has 0 bridgehead atoms. The predicted octanol–water partition coefficient (Wildman–Crippen LogP) is 9.66. The van der Waals surface area contributed by atoms with Crippen LogP contribution in [-0.4, -0.2) is 13.3 Å². The second kappa shape index (κ2) is 8.94. The number of fused-ring (bicyclic) bond motifs is 2. The van der Waals surface area contributed by atoms with Crippen LogP contribution in [0.5, 0.6) is 0 Å². The van der Waals surface area contributed by atoms with Gasteiger partial charge in [-0.2, -0.15) is 0 Å². The number of rotatable bonds is 4. The van der Waals surface area contributed by atoms with Crippen LogP contribution in [0.4, 0.5) is 0 Å². The zero-order valence-electron chi connectivity index (χ0n) is 20.6. The van der Waals surface area contributed by atoms with Crippen molar-refractivity contribution < 1.29 is 0 Å². The molecule has 6 rings (SSSR count). The highest BCUT2D eigenvalue weighted by Crippen LogP contribution is 2.44. The van der Waals surface area contributed by atoms with Gasteiger partial charge in [-0.3, -0.25) is 0 Å². The summed E-state index contributed by atoms with van der Waals surface area (Å²) in [5, 5.41) is 14.8. The van der Waals surface area contributed by atoms with Gasteiger partial charge >= 0.3 is 0 Å². The van der Waals surface area contributed by atoms with Crippen molar-refractivity contribution in [2.75, 3.05) is 13.3 Å². The normalized spacial score (nSPS) is 11.7. The van der Waals surface area contributed by atoms with Crippen molar-refractivity contribution in [1.29, 1.82) is 5.16 Å². The van der Waals surface area contributed by atoms with E-state index in [0.29, 0.717) is 0 Å². The van der Waals surface area contributed by atoms with Gasteiger partial charge in [-0.1, -0.05) is 121 Å². The molecular weight excluding hydrogens is 453 g/mol. The van der Waals surface area contributed by atoms with E-state index in [-0.39, 0.29) is 0 Å². The van der Waals surface area contributed by atoms with Gasteiger partial charge in [0.05, 0.1) is 0 Å². The van der Waals surface area contributed by atoms with Gasteiger partial charge < -0.3 is 5.16 Å². The number of hydrogen-bond donors (Lipinski definition) is 1. The van der Waals surface area contributed by atoms with Crippen LogP contribution in [0.1, 0.15) is 0 Å². The maximum absolute atomic E-state index is 8.69. The topological polar surface area (TPSA) is 23.9 Å². The molecule has 0 aliphatic carbocycles. The molecule has 0 fully saturated rings. The van der Waals surface area contributed by atoms with E-state index in [2.05, 4.69) is 141 Å². The maximum atomic E-state index is 8.69. The first-order valence-electron chi connectivity index (χ1n) is 12.3. The molecule has 0 unspecified atom stereocenters. The Bertz CT molecular complexity index is 1700. The Balaban J connectivity index is 1.63. The fraction of sp³-hybridized carbons (Fsp3) is 0.0588. The smallest absolute Gasteiger partial charge is 0.00261 e. The molecule has 0 aliphatic rings. The lowest BCUT2D eigenvalue weighted by molar-refractivity contribution is 1.58. The van der Waals surface area contributed by atoms with Crippen molar-refractivity contribution in [3.05, 3.63) is 127 Å². The fourth-order valence-electron chi connectivity index (χ4n) is 5.22. The lowest BCUT2D eigenvalue weighted by atomic mass is 9.86. The molecule has 0 amide bonds. The van der Waals surface area contributed by atoms with Gasteiger partial charge in [0.2, 0.25) is 0 Å². The lowest BCUT2D eigenvalue weighted by Crippen LogP contribution is -2.02. The quantitative estimate of drug-likeness (QED) is 0.191. The first-order chi connectivity index (χ1) is 17.5. The van der Waals surface area contributed by atoms with Crippen molar-refractivity contribution in [2.45, 2.75) is 0 Å². The van der Waals surface area contributed by atoms with E-state index < -0.39 is 7.05 Å². The van der Waals surface area contributed by atoms with Gasteiger partial charge in [0.25, 0.3) is 0 Å². The third-order valence-corrected chi connectivity index (χ3v) is 8.56. The highest BCUT2D eigenvalue weighted by Gasteiger charge is 2.17. The van der Waals surface area contributed by atoms with Gasteiger partial charge in [-0.05, 0) is 86.7 Å². The zero-order chi connectivity index (χ0) is 24.7. The van der Waals surface area contributed by atoms with Gasteiger partial charge in [-0.25, -0.2) is 0 Å². The maximum Gasteiger partial charge on any atom is -0.00261 e.